The van der Waals surface area contributed by atoms with Crippen molar-refractivity contribution in [2.75, 3.05) is 7.11 Å². The molecule has 0 heterocycles. The molecule has 0 aliphatic rings. The first kappa shape index (κ1) is 16.6. The molecule has 0 aromatic heterocycles. The summed E-state index contributed by atoms with van der Waals surface area (Å²) in [4.78, 5) is 0. The topological polar surface area (TPSA) is 18.5 Å². The molecule has 0 aliphatic carbocycles. The average molecular weight is 439 g/mol. The summed E-state index contributed by atoms with van der Waals surface area (Å²) in [6.45, 7) is 0.108. The van der Waals surface area contributed by atoms with Crippen molar-refractivity contribution in [1.29, 1.82) is 0 Å². The molecule has 0 saturated carbocycles. The van der Waals surface area contributed by atoms with E-state index in [1.807, 2.05) is 0 Å². The molecule has 0 saturated heterocycles. The zero-order chi connectivity index (χ0) is 15.4. The molecular weight excluding hydrogens is 426 g/mol. The largest absolute Gasteiger partial charge is 0.493 e. The molecule has 6 heteroatoms. The number of ether oxygens (including phenoxy) is 2. The summed E-state index contributed by atoms with van der Waals surface area (Å²) in [6, 6.07) is 8.30. The Bertz CT molecular complexity index is 625. The van der Waals surface area contributed by atoms with Crippen molar-refractivity contribution >= 4 is 43.5 Å². The van der Waals surface area contributed by atoms with Gasteiger partial charge in [0.2, 0.25) is 0 Å². The van der Waals surface area contributed by atoms with Gasteiger partial charge in [-0.15, -0.1) is 0 Å². The smallest absolute Gasteiger partial charge is 0.165 e. The highest BCUT2D eigenvalue weighted by Gasteiger charge is 2.13. The van der Waals surface area contributed by atoms with E-state index >= 15 is 0 Å². The molecular formula is C15H12Br2ClFO2. The Balaban J connectivity index is 2.26. The van der Waals surface area contributed by atoms with Crippen molar-refractivity contribution in [2.45, 2.75) is 11.9 Å². The highest BCUT2D eigenvalue weighted by atomic mass is 79.9. The molecule has 112 valence electrons. The standard InChI is InChI=1S/C15H12Br2ClFO2/c1-20-14-6-12(18)4-10(7-16)15(14)21-8-9-2-3-11(17)5-13(9)19/h2-6H,7-8H2,1H3. The molecule has 0 fully saturated rings. The number of benzene rings is 2. The van der Waals surface area contributed by atoms with Crippen LogP contribution in [-0.4, -0.2) is 7.11 Å². The molecule has 2 aromatic rings. The minimum atomic E-state index is -0.322. The van der Waals surface area contributed by atoms with E-state index in [1.54, 1.807) is 24.3 Å². The molecule has 0 unspecified atom stereocenters. The fourth-order valence-electron chi connectivity index (χ4n) is 1.83. The van der Waals surface area contributed by atoms with Crippen molar-refractivity contribution in [2.24, 2.45) is 0 Å². The summed E-state index contributed by atoms with van der Waals surface area (Å²) in [6.07, 6.45) is 0. The lowest BCUT2D eigenvalue weighted by molar-refractivity contribution is 0.277. The van der Waals surface area contributed by atoms with Gasteiger partial charge >= 0.3 is 0 Å². The maximum atomic E-state index is 13.8. The minimum Gasteiger partial charge on any atom is -0.493 e. The summed E-state index contributed by atoms with van der Waals surface area (Å²) in [5.41, 5.74) is 1.31. The van der Waals surface area contributed by atoms with Gasteiger partial charge in [-0.1, -0.05) is 49.5 Å². The van der Waals surface area contributed by atoms with Crippen LogP contribution in [0.1, 0.15) is 11.1 Å². The van der Waals surface area contributed by atoms with Crippen LogP contribution in [0.2, 0.25) is 5.02 Å². The zero-order valence-electron chi connectivity index (χ0n) is 11.1. The SMILES string of the molecule is COc1cc(Cl)cc(CBr)c1OCc1ccc(Br)cc1F. The molecule has 2 nitrogen and oxygen atoms in total. The number of halogens is 4. The van der Waals surface area contributed by atoms with Gasteiger partial charge in [0.25, 0.3) is 0 Å². The van der Waals surface area contributed by atoms with E-state index in [4.69, 9.17) is 21.1 Å². The number of alkyl halides is 1. The lowest BCUT2D eigenvalue weighted by atomic mass is 10.2. The van der Waals surface area contributed by atoms with Crippen molar-refractivity contribution in [3.05, 3.63) is 56.8 Å². The second-order valence-electron chi connectivity index (χ2n) is 4.25. The first-order valence-corrected chi connectivity index (χ1v) is 8.33. The third-order valence-corrected chi connectivity index (χ3v) is 4.16. The summed E-state index contributed by atoms with van der Waals surface area (Å²) in [7, 11) is 1.54. The Morgan fingerprint density at radius 3 is 2.57 bits per heavy atom. The van der Waals surface area contributed by atoms with Crippen LogP contribution in [0.5, 0.6) is 11.5 Å². The molecule has 0 radical (unpaired) electrons. The van der Waals surface area contributed by atoms with Crippen LogP contribution in [-0.2, 0) is 11.9 Å². The van der Waals surface area contributed by atoms with E-state index in [0.717, 1.165) is 5.56 Å². The normalized spacial score (nSPS) is 10.5. The van der Waals surface area contributed by atoms with Gasteiger partial charge in [0.15, 0.2) is 11.5 Å². The summed E-state index contributed by atoms with van der Waals surface area (Å²) in [5, 5.41) is 1.12. The second-order valence-corrected chi connectivity index (χ2v) is 6.17. The van der Waals surface area contributed by atoms with Crippen LogP contribution < -0.4 is 9.47 Å². The second kappa shape index (κ2) is 7.47. The molecule has 2 aromatic carbocycles. The van der Waals surface area contributed by atoms with E-state index in [2.05, 4.69) is 31.9 Å². The Morgan fingerprint density at radius 1 is 1.19 bits per heavy atom. The maximum absolute atomic E-state index is 13.8. The summed E-state index contributed by atoms with van der Waals surface area (Å²) >= 11 is 12.6. The van der Waals surface area contributed by atoms with Crippen molar-refractivity contribution in [3.63, 3.8) is 0 Å². The van der Waals surface area contributed by atoms with Crippen LogP contribution in [0.25, 0.3) is 0 Å². The molecule has 0 bridgehead atoms. The Kier molecular flexibility index (Phi) is 5.90. The van der Waals surface area contributed by atoms with Crippen molar-refractivity contribution in [1.82, 2.24) is 0 Å². The molecule has 0 aliphatic heterocycles. The Labute approximate surface area is 144 Å². The van der Waals surface area contributed by atoms with Crippen molar-refractivity contribution < 1.29 is 13.9 Å². The Hall–Kier alpha value is -0.780. The number of rotatable bonds is 5. The van der Waals surface area contributed by atoms with Crippen LogP contribution in [0.4, 0.5) is 4.39 Å². The predicted molar refractivity (Wildman–Crippen MR) is 89.1 cm³/mol. The predicted octanol–water partition coefficient (Wildman–Crippen LogP) is 5.72. The minimum absolute atomic E-state index is 0.108. The molecule has 0 atom stereocenters. The van der Waals surface area contributed by atoms with Gasteiger partial charge in [-0.3, -0.25) is 0 Å². The van der Waals surface area contributed by atoms with Gasteiger partial charge in [-0.05, 0) is 18.2 Å². The Morgan fingerprint density at radius 2 is 1.95 bits per heavy atom. The van der Waals surface area contributed by atoms with Gasteiger partial charge in [0.1, 0.15) is 12.4 Å². The van der Waals surface area contributed by atoms with E-state index in [-0.39, 0.29) is 12.4 Å². The van der Waals surface area contributed by atoms with E-state index in [9.17, 15) is 4.39 Å². The monoisotopic (exact) mass is 436 g/mol. The quantitative estimate of drug-likeness (QED) is 0.556. The molecule has 0 spiro atoms. The molecule has 0 N–H and O–H groups in total. The lowest BCUT2D eigenvalue weighted by Gasteiger charge is -2.15. The van der Waals surface area contributed by atoms with E-state index in [1.165, 1.54) is 13.2 Å². The first-order valence-electron chi connectivity index (χ1n) is 6.04. The van der Waals surface area contributed by atoms with Gasteiger partial charge in [0.05, 0.1) is 7.11 Å². The number of hydrogen-bond acceptors (Lipinski definition) is 2. The molecule has 0 amide bonds. The van der Waals surface area contributed by atoms with Crippen LogP contribution in [0.3, 0.4) is 0 Å². The maximum Gasteiger partial charge on any atom is 0.165 e. The zero-order valence-corrected chi connectivity index (χ0v) is 15.1. The van der Waals surface area contributed by atoms with Crippen LogP contribution in [0.15, 0.2) is 34.8 Å². The average Bonchev–Trinajstić information content (AvgIpc) is 2.46. The highest BCUT2D eigenvalue weighted by molar-refractivity contribution is 9.10. The summed E-state index contributed by atoms with van der Waals surface area (Å²) < 4.78 is 25.5. The third kappa shape index (κ3) is 4.11. The van der Waals surface area contributed by atoms with Gasteiger partial charge in [-0.2, -0.15) is 0 Å². The molecule has 2 rings (SSSR count). The number of hydrogen-bond donors (Lipinski definition) is 0. The lowest BCUT2D eigenvalue weighted by Crippen LogP contribution is -2.02. The highest BCUT2D eigenvalue weighted by Crippen LogP contribution is 2.36. The van der Waals surface area contributed by atoms with Gasteiger partial charge in [-0.25, -0.2) is 4.39 Å². The number of methoxy groups -OCH3 is 1. The van der Waals surface area contributed by atoms with E-state index in [0.29, 0.717) is 31.9 Å². The fourth-order valence-corrected chi connectivity index (χ4v) is 2.81. The first-order chi connectivity index (χ1) is 10.0. The molecule has 21 heavy (non-hydrogen) atoms. The van der Waals surface area contributed by atoms with E-state index < -0.39 is 0 Å². The third-order valence-electron chi connectivity index (χ3n) is 2.85. The van der Waals surface area contributed by atoms with Crippen LogP contribution in [0, 0.1) is 5.82 Å². The van der Waals surface area contributed by atoms with Gasteiger partial charge < -0.3 is 9.47 Å². The van der Waals surface area contributed by atoms with Crippen LogP contribution >= 0.6 is 43.5 Å². The van der Waals surface area contributed by atoms with Crippen molar-refractivity contribution in [3.8, 4) is 11.5 Å². The fraction of sp³-hybridized carbons (Fsp3) is 0.200. The summed E-state index contributed by atoms with van der Waals surface area (Å²) in [5.74, 6) is 0.758. The van der Waals surface area contributed by atoms with Gasteiger partial charge in [0, 0.05) is 32.0 Å².